The van der Waals surface area contributed by atoms with Gasteiger partial charge in [-0.05, 0) is 50.7 Å². The summed E-state index contributed by atoms with van der Waals surface area (Å²) in [5.74, 6) is 2.80. The van der Waals surface area contributed by atoms with Crippen LogP contribution in [-0.2, 0) is 15.8 Å². The molecule has 1 aliphatic carbocycles. The molecule has 2 aliphatic rings. The Balaban J connectivity index is 1.35. The van der Waals surface area contributed by atoms with Crippen molar-refractivity contribution in [1.82, 2.24) is 18.8 Å². The van der Waals surface area contributed by atoms with E-state index in [4.69, 9.17) is 6.42 Å². The molecule has 2 aromatic heterocycles. The molecule has 1 saturated heterocycles. The molecular weight excluding hydrogens is 490 g/mol. The summed E-state index contributed by atoms with van der Waals surface area (Å²) >= 11 is 0. The van der Waals surface area contributed by atoms with Gasteiger partial charge in [0, 0.05) is 30.7 Å². The van der Waals surface area contributed by atoms with Gasteiger partial charge in [0.2, 0.25) is 16.0 Å². The number of terminal acetylenes is 1. The van der Waals surface area contributed by atoms with Gasteiger partial charge in [-0.1, -0.05) is 36.3 Å². The van der Waals surface area contributed by atoms with Crippen LogP contribution in [0, 0.1) is 12.3 Å². The number of pyridine rings is 1. The Hall–Kier alpha value is -3.26. The van der Waals surface area contributed by atoms with E-state index in [1.807, 2.05) is 30.3 Å². The first-order valence-electron chi connectivity index (χ1n) is 12.6. The smallest absolute Gasteiger partial charge is 0.268 e. The van der Waals surface area contributed by atoms with Crippen LogP contribution in [0.15, 0.2) is 47.4 Å². The molecule has 1 aromatic carbocycles. The number of piperidine rings is 1. The van der Waals surface area contributed by atoms with Crippen LogP contribution in [0.4, 0.5) is 5.95 Å². The first kappa shape index (κ1) is 25.4. The normalized spacial score (nSPS) is 23.2. The molecule has 37 heavy (non-hydrogen) atoms. The summed E-state index contributed by atoms with van der Waals surface area (Å²) in [5.41, 5.74) is 0.0251. The van der Waals surface area contributed by atoms with Gasteiger partial charge in [0.25, 0.3) is 5.56 Å². The van der Waals surface area contributed by atoms with Gasteiger partial charge in [-0.3, -0.25) is 9.36 Å². The van der Waals surface area contributed by atoms with Crippen molar-refractivity contribution < 1.29 is 13.5 Å². The number of nitrogens with one attached hydrogen (secondary N) is 1. The van der Waals surface area contributed by atoms with Crippen molar-refractivity contribution >= 4 is 27.0 Å². The number of fused-ring (bicyclic) bond motifs is 1. The fourth-order valence-electron chi connectivity index (χ4n) is 5.46. The topological polar surface area (TPSA) is 117 Å². The zero-order valence-corrected chi connectivity index (χ0v) is 21.6. The third-order valence-corrected chi connectivity index (χ3v) is 9.34. The number of aliphatic hydroxyl groups is 1. The van der Waals surface area contributed by atoms with E-state index in [1.54, 1.807) is 23.5 Å². The fraction of sp³-hybridized carbons (Fsp3) is 0.444. The Bertz CT molecular complexity index is 1500. The summed E-state index contributed by atoms with van der Waals surface area (Å²) in [6, 6.07) is 10.3. The van der Waals surface area contributed by atoms with Gasteiger partial charge in [-0.15, -0.1) is 6.42 Å². The zero-order chi connectivity index (χ0) is 26.2. The minimum Gasteiger partial charge on any atom is -0.388 e. The Morgan fingerprint density at radius 2 is 1.95 bits per heavy atom. The maximum Gasteiger partial charge on any atom is 0.268 e. The molecule has 0 spiro atoms. The van der Waals surface area contributed by atoms with Crippen LogP contribution in [0.25, 0.3) is 11.0 Å². The van der Waals surface area contributed by atoms with Crippen molar-refractivity contribution in [3.63, 3.8) is 0 Å². The van der Waals surface area contributed by atoms with Crippen molar-refractivity contribution in [3.05, 3.63) is 64.1 Å². The number of anilines is 1. The van der Waals surface area contributed by atoms with Crippen LogP contribution in [0.1, 0.15) is 56.2 Å². The predicted molar refractivity (Wildman–Crippen MR) is 143 cm³/mol. The van der Waals surface area contributed by atoms with E-state index in [-0.39, 0.29) is 22.9 Å². The highest BCUT2D eigenvalue weighted by molar-refractivity contribution is 7.88. The number of rotatable bonds is 6. The number of sulfonamides is 1. The Morgan fingerprint density at radius 3 is 2.59 bits per heavy atom. The molecule has 2 fully saturated rings. The van der Waals surface area contributed by atoms with Crippen molar-refractivity contribution in [3.8, 4) is 12.3 Å². The molecule has 3 aromatic rings. The number of aromatic nitrogens is 3. The Labute approximate surface area is 216 Å². The van der Waals surface area contributed by atoms with Crippen molar-refractivity contribution in [2.45, 2.75) is 62.5 Å². The maximum absolute atomic E-state index is 13.2. The standard InChI is InChI=1S/C27H31N5O4S/c1-3-20-16-21-17-28-26(30-24(21)32(25(20)33)23-10-7-13-27(23,2)34)29-22-11-14-31(15-12-22)37(35,36)18-19-8-5-4-6-9-19/h1,4-6,8-9,16-17,22-23,34H,7,10-15,18H2,2H3,(H,28,29,30)/t23-,27-/m1/s1. The fourth-order valence-corrected chi connectivity index (χ4v) is 7.02. The first-order valence-corrected chi connectivity index (χ1v) is 14.2. The molecule has 2 N–H and O–H groups in total. The van der Waals surface area contributed by atoms with Crippen LogP contribution in [0.2, 0.25) is 0 Å². The van der Waals surface area contributed by atoms with Crippen LogP contribution in [0.3, 0.4) is 0 Å². The van der Waals surface area contributed by atoms with E-state index in [0.29, 0.717) is 55.8 Å². The van der Waals surface area contributed by atoms with Gasteiger partial charge < -0.3 is 10.4 Å². The van der Waals surface area contributed by atoms with Gasteiger partial charge in [-0.25, -0.2) is 17.7 Å². The highest BCUT2D eigenvalue weighted by Gasteiger charge is 2.40. The van der Waals surface area contributed by atoms with E-state index < -0.39 is 21.7 Å². The van der Waals surface area contributed by atoms with Gasteiger partial charge in [0.15, 0.2) is 0 Å². The summed E-state index contributed by atoms with van der Waals surface area (Å²) in [5, 5.41) is 14.9. The second-order valence-electron chi connectivity index (χ2n) is 10.2. The maximum atomic E-state index is 13.2. The number of nitrogens with zero attached hydrogens (tertiary/aromatic N) is 4. The minimum absolute atomic E-state index is 0.0121. The predicted octanol–water partition coefficient (Wildman–Crippen LogP) is 2.66. The van der Waals surface area contributed by atoms with Crippen LogP contribution >= 0.6 is 0 Å². The largest absolute Gasteiger partial charge is 0.388 e. The SMILES string of the molecule is C#Cc1cc2cnc(NC3CCN(S(=O)(=O)Cc4ccccc4)CC3)nc2n([C@@H]2CCC[C@@]2(C)O)c1=O. The van der Waals surface area contributed by atoms with Crippen molar-refractivity contribution in [2.75, 3.05) is 18.4 Å². The van der Waals surface area contributed by atoms with E-state index in [9.17, 15) is 18.3 Å². The van der Waals surface area contributed by atoms with Crippen molar-refractivity contribution in [2.24, 2.45) is 0 Å². The number of benzene rings is 1. The first-order chi connectivity index (χ1) is 17.7. The van der Waals surface area contributed by atoms with Gasteiger partial charge in [0.05, 0.1) is 23.0 Å². The lowest BCUT2D eigenvalue weighted by molar-refractivity contribution is 0.0266. The third kappa shape index (κ3) is 5.12. The lowest BCUT2D eigenvalue weighted by Gasteiger charge is -2.32. The highest BCUT2D eigenvalue weighted by atomic mass is 32.2. The molecule has 1 saturated carbocycles. The Kier molecular flexibility index (Phi) is 6.79. The Morgan fingerprint density at radius 1 is 1.22 bits per heavy atom. The van der Waals surface area contributed by atoms with E-state index in [1.165, 1.54) is 4.57 Å². The number of hydrogen-bond donors (Lipinski definition) is 2. The summed E-state index contributed by atoms with van der Waals surface area (Å²) in [7, 11) is -3.40. The second kappa shape index (κ2) is 9.89. The average molecular weight is 522 g/mol. The molecule has 0 bridgehead atoms. The van der Waals surface area contributed by atoms with Gasteiger partial charge in [-0.2, -0.15) is 4.98 Å². The van der Waals surface area contributed by atoms with Crippen LogP contribution in [-0.4, -0.2) is 57.1 Å². The molecule has 0 unspecified atom stereocenters. The van der Waals surface area contributed by atoms with Crippen LogP contribution in [0.5, 0.6) is 0 Å². The van der Waals surface area contributed by atoms with E-state index in [0.717, 1.165) is 12.0 Å². The van der Waals surface area contributed by atoms with Crippen LogP contribution < -0.4 is 10.9 Å². The third-order valence-electron chi connectivity index (χ3n) is 7.49. The molecule has 3 heterocycles. The zero-order valence-electron chi connectivity index (χ0n) is 20.8. The molecule has 1 aliphatic heterocycles. The average Bonchev–Trinajstić information content (AvgIpc) is 3.22. The van der Waals surface area contributed by atoms with Gasteiger partial charge >= 0.3 is 0 Å². The molecule has 2 atom stereocenters. The summed E-state index contributed by atoms with van der Waals surface area (Å²) < 4.78 is 28.8. The van der Waals surface area contributed by atoms with E-state index in [2.05, 4.69) is 21.2 Å². The molecule has 10 heteroatoms. The number of hydrogen-bond acceptors (Lipinski definition) is 7. The molecule has 0 amide bonds. The lowest BCUT2D eigenvalue weighted by atomic mass is 9.99. The van der Waals surface area contributed by atoms with E-state index >= 15 is 0 Å². The highest BCUT2D eigenvalue weighted by Crippen LogP contribution is 2.39. The minimum atomic E-state index is -3.40. The summed E-state index contributed by atoms with van der Waals surface area (Å²) in [6.07, 6.45) is 10.5. The second-order valence-corrected chi connectivity index (χ2v) is 12.1. The summed E-state index contributed by atoms with van der Waals surface area (Å²) in [6.45, 7) is 2.55. The monoisotopic (exact) mass is 521 g/mol. The van der Waals surface area contributed by atoms with Crippen molar-refractivity contribution in [1.29, 1.82) is 0 Å². The molecular formula is C27H31N5O4S. The molecule has 9 nitrogen and oxygen atoms in total. The molecule has 5 rings (SSSR count). The quantitative estimate of drug-likeness (QED) is 0.479. The lowest BCUT2D eigenvalue weighted by Crippen LogP contribution is -2.43. The molecule has 194 valence electrons. The molecule has 0 radical (unpaired) electrons. The van der Waals surface area contributed by atoms with Gasteiger partial charge in [0.1, 0.15) is 5.65 Å². The summed E-state index contributed by atoms with van der Waals surface area (Å²) in [4.78, 5) is 22.3.